The molecular weight excluding hydrogens is 181 g/mol. The van der Waals surface area contributed by atoms with E-state index in [0.717, 1.165) is 0 Å². The second kappa shape index (κ2) is 4.24. The van der Waals surface area contributed by atoms with Gasteiger partial charge in [-0.2, -0.15) is 0 Å². The average molecular weight is 195 g/mol. The van der Waals surface area contributed by atoms with Gasteiger partial charge in [0.2, 0.25) is 0 Å². The Morgan fingerprint density at radius 3 is 2.86 bits per heavy atom. The van der Waals surface area contributed by atoms with Crippen molar-refractivity contribution >= 4 is 0 Å². The van der Waals surface area contributed by atoms with Gasteiger partial charge in [-0.05, 0) is 25.0 Å². The summed E-state index contributed by atoms with van der Waals surface area (Å²) in [5, 5.41) is 9.62. The van der Waals surface area contributed by atoms with Crippen molar-refractivity contribution in [1.29, 1.82) is 0 Å². The molecule has 1 atom stereocenters. The molecule has 0 aliphatic rings. The van der Waals surface area contributed by atoms with Gasteiger partial charge in [0.25, 0.3) is 0 Å². The van der Waals surface area contributed by atoms with E-state index in [9.17, 15) is 9.50 Å². The molecule has 0 bridgehead atoms. The fraction of sp³-hybridized carbons (Fsp3) is 0.273. The Labute approximate surface area is 82.9 Å². The molecule has 1 unspecified atom stereocenters. The van der Waals surface area contributed by atoms with Crippen molar-refractivity contribution in [1.82, 2.24) is 0 Å². The fourth-order valence-corrected chi connectivity index (χ4v) is 1.34. The maximum absolute atomic E-state index is 13.3. The molecule has 0 aromatic heterocycles. The molecule has 0 spiro atoms. The Kier molecular flexibility index (Phi) is 3.25. The number of nitrogens with two attached hydrogens (primary N) is 1. The molecule has 0 aliphatic heterocycles. The normalized spacial score (nSPS) is 12.5. The lowest BCUT2D eigenvalue weighted by Gasteiger charge is -2.14. The van der Waals surface area contributed by atoms with Crippen LogP contribution in [-0.2, 0) is 0 Å². The lowest BCUT2D eigenvalue weighted by Crippen LogP contribution is -2.11. The van der Waals surface area contributed by atoms with Gasteiger partial charge in [-0.25, -0.2) is 4.39 Å². The first-order chi connectivity index (χ1) is 6.57. The minimum absolute atomic E-state index is 0.0562. The summed E-state index contributed by atoms with van der Waals surface area (Å²) in [6.07, 6.45) is 2.04. The van der Waals surface area contributed by atoms with Crippen LogP contribution < -0.4 is 5.73 Å². The van der Waals surface area contributed by atoms with Crippen molar-refractivity contribution < 1.29 is 9.50 Å². The molecule has 3 N–H and O–H groups in total. The van der Waals surface area contributed by atoms with Gasteiger partial charge in [0.05, 0.1) is 0 Å². The van der Waals surface area contributed by atoms with Crippen LogP contribution in [0.5, 0.6) is 5.75 Å². The zero-order valence-corrected chi connectivity index (χ0v) is 8.13. The number of phenolic OH excluding ortho intramolecular Hbond substituents is 1. The van der Waals surface area contributed by atoms with Crippen molar-refractivity contribution in [3.05, 3.63) is 41.7 Å². The van der Waals surface area contributed by atoms with Gasteiger partial charge in [0.15, 0.2) is 0 Å². The second-order valence-corrected chi connectivity index (χ2v) is 3.26. The van der Waals surface area contributed by atoms with Crippen LogP contribution in [0.15, 0.2) is 24.8 Å². The van der Waals surface area contributed by atoms with Crippen molar-refractivity contribution in [2.24, 2.45) is 5.73 Å². The SMILES string of the molecule is C=CCC(N)c1c(F)ccc(C)c1O. The van der Waals surface area contributed by atoms with Gasteiger partial charge in [-0.15, -0.1) is 6.58 Å². The highest BCUT2D eigenvalue weighted by atomic mass is 19.1. The van der Waals surface area contributed by atoms with Gasteiger partial charge in [0.1, 0.15) is 11.6 Å². The first-order valence-electron chi connectivity index (χ1n) is 4.42. The molecule has 0 amide bonds. The Bertz CT molecular complexity index is 349. The van der Waals surface area contributed by atoms with Crippen LogP contribution in [0.2, 0.25) is 0 Å². The molecule has 0 aliphatic carbocycles. The molecule has 1 aromatic rings. The van der Waals surface area contributed by atoms with E-state index < -0.39 is 11.9 Å². The van der Waals surface area contributed by atoms with Crippen molar-refractivity contribution in [2.75, 3.05) is 0 Å². The number of aromatic hydroxyl groups is 1. The van der Waals surface area contributed by atoms with E-state index in [4.69, 9.17) is 5.73 Å². The lowest BCUT2D eigenvalue weighted by atomic mass is 10.0. The summed E-state index contributed by atoms with van der Waals surface area (Å²) in [4.78, 5) is 0. The Morgan fingerprint density at radius 1 is 1.64 bits per heavy atom. The van der Waals surface area contributed by atoms with Gasteiger partial charge in [0, 0.05) is 11.6 Å². The van der Waals surface area contributed by atoms with E-state index >= 15 is 0 Å². The minimum Gasteiger partial charge on any atom is -0.507 e. The van der Waals surface area contributed by atoms with Crippen LogP contribution in [0.25, 0.3) is 0 Å². The number of halogens is 1. The summed E-state index contributed by atoms with van der Waals surface area (Å²) in [5.41, 5.74) is 6.50. The van der Waals surface area contributed by atoms with Crippen LogP contribution in [0.3, 0.4) is 0 Å². The van der Waals surface area contributed by atoms with Crippen LogP contribution in [-0.4, -0.2) is 5.11 Å². The molecule has 0 fully saturated rings. The minimum atomic E-state index is -0.535. The number of hydrogen-bond acceptors (Lipinski definition) is 2. The van der Waals surface area contributed by atoms with E-state index in [1.54, 1.807) is 13.0 Å². The second-order valence-electron chi connectivity index (χ2n) is 3.26. The Morgan fingerprint density at radius 2 is 2.29 bits per heavy atom. The number of rotatable bonds is 3. The van der Waals surface area contributed by atoms with Crippen LogP contribution in [0, 0.1) is 12.7 Å². The molecular formula is C11H14FNO. The molecule has 14 heavy (non-hydrogen) atoms. The maximum Gasteiger partial charge on any atom is 0.131 e. The van der Waals surface area contributed by atoms with Gasteiger partial charge < -0.3 is 10.8 Å². The van der Waals surface area contributed by atoms with E-state index in [-0.39, 0.29) is 11.3 Å². The lowest BCUT2D eigenvalue weighted by molar-refractivity contribution is 0.445. The highest BCUT2D eigenvalue weighted by Crippen LogP contribution is 2.30. The van der Waals surface area contributed by atoms with E-state index in [0.29, 0.717) is 12.0 Å². The summed E-state index contributed by atoms with van der Waals surface area (Å²) in [5.74, 6) is -0.526. The smallest absolute Gasteiger partial charge is 0.131 e. The third kappa shape index (κ3) is 1.93. The van der Waals surface area contributed by atoms with Crippen molar-refractivity contribution in [3.63, 3.8) is 0 Å². The van der Waals surface area contributed by atoms with Crippen LogP contribution in [0.4, 0.5) is 4.39 Å². The molecule has 0 radical (unpaired) electrons. The monoisotopic (exact) mass is 195 g/mol. The van der Waals surface area contributed by atoms with Crippen LogP contribution in [0.1, 0.15) is 23.6 Å². The predicted octanol–water partition coefficient (Wildman–Crippen LogP) is 2.42. The van der Waals surface area contributed by atoms with Crippen molar-refractivity contribution in [3.8, 4) is 5.75 Å². The highest BCUT2D eigenvalue weighted by Gasteiger charge is 2.16. The number of aryl methyl sites for hydroxylation is 1. The van der Waals surface area contributed by atoms with E-state index in [1.807, 2.05) is 0 Å². The Balaban J connectivity index is 3.17. The van der Waals surface area contributed by atoms with Gasteiger partial charge >= 0.3 is 0 Å². The molecule has 0 heterocycles. The fourth-order valence-electron chi connectivity index (χ4n) is 1.34. The summed E-state index contributed by atoms with van der Waals surface area (Å²) in [7, 11) is 0. The number of hydrogen-bond donors (Lipinski definition) is 2. The first kappa shape index (κ1) is 10.7. The summed E-state index contributed by atoms with van der Waals surface area (Å²) in [6.45, 7) is 5.23. The number of phenols is 1. The highest BCUT2D eigenvalue weighted by molar-refractivity contribution is 5.42. The zero-order valence-electron chi connectivity index (χ0n) is 8.13. The maximum atomic E-state index is 13.3. The predicted molar refractivity (Wildman–Crippen MR) is 54.5 cm³/mol. The molecule has 2 nitrogen and oxygen atoms in total. The first-order valence-corrected chi connectivity index (χ1v) is 4.42. The third-order valence-electron chi connectivity index (χ3n) is 2.16. The zero-order chi connectivity index (χ0) is 10.7. The summed E-state index contributed by atoms with van der Waals surface area (Å²) >= 11 is 0. The molecule has 0 saturated heterocycles. The molecule has 1 aromatic carbocycles. The molecule has 76 valence electrons. The van der Waals surface area contributed by atoms with Gasteiger partial charge in [-0.1, -0.05) is 12.1 Å². The standard InChI is InChI=1S/C11H14FNO/c1-3-4-9(13)10-8(12)6-5-7(2)11(10)14/h3,5-6,9,14H,1,4,13H2,2H3. The molecule has 0 saturated carbocycles. The topological polar surface area (TPSA) is 46.2 Å². The molecule has 1 rings (SSSR count). The quantitative estimate of drug-likeness (QED) is 0.727. The average Bonchev–Trinajstić information content (AvgIpc) is 2.13. The summed E-state index contributed by atoms with van der Waals surface area (Å²) in [6, 6.07) is 2.30. The van der Waals surface area contributed by atoms with Gasteiger partial charge in [-0.3, -0.25) is 0 Å². The van der Waals surface area contributed by atoms with E-state index in [1.165, 1.54) is 12.1 Å². The number of benzene rings is 1. The Hall–Kier alpha value is -1.35. The summed E-state index contributed by atoms with van der Waals surface area (Å²) < 4.78 is 13.3. The van der Waals surface area contributed by atoms with Crippen molar-refractivity contribution in [2.45, 2.75) is 19.4 Å². The van der Waals surface area contributed by atoms with Crippen LogP contribution >= 0.6 is 0 Å². The largest absolute Gasteiger partial charge is 0.507 e. The third-order valence-corrected chi connectivity index (χ3v) is 2.16. The molecule has 3 heteroatoms. The van der Waals surface area contributed by atoms with E-state index in [2.05, 4.69) is 6.58 Å².